The summed E-state index contributed by atoms with van der Waals surface area (Å²) in [7, 11) is -3.66. The third kappa shape index (κ3) is 3.77. The van der Waals surface area contributed by atoms with Crippen molar-refractivity contribution in [1.29, 1.82) is 0 Å². The molecule has 2 aliphatic rings. The second kappa shape index (κ2) is 7.61. The van der Waals surface area contributed by atoms with E-state index in [9.17, 15) is 18.0 Å². The molecule has 1 saturated heterocycles. The Balaban J connectivity index is 1.57. The van der Waals surface area contributed by atoms with E-state index in [2.05, 4.69) is 5.32 Å². The number of nitrogens with zero attached hydrogens (tertiary/aromatic N) is 2. The summed E-state index contributed by atoms with van der Waals surface area (Å²) in [4.78, 5) is 27.0. The second-order valence-corrected chi connectivity index (χ2v) is 9.44. The van der Waals surface area contributed by atoms with E-state index in [-0.39, 0.29) is 29.8 Å². The molecule has 2 heterocycles. The molecule has 8 heteroatoms. The molecule has 2 amide bonds. The highest BCUT2D eigenvalue weighted by Gasteiger charge is 2.37. The zero-order valence-corrected chi connectivity index (χ0v) is 17.0. The number of para-hydroxylation sites is 2. The molecular weight excluding hydrogens is 390 g/mol. The van der Waals surface area contributed by atoms with Crippen LogP contribution in [0, 0.1) is 12.8 Å². The smallest absolute Gasteiger partial charge is 0.244 e. The summed E-state index contributed by atoms with van der Waals surface area (Å²) < 4.78 is 27.4. The molecule has 0 aromatic heterocycles. The number of nitrogens with one attached hydrogen (secondary N) is 1. The fraction of sp³-hybridized carbons (Fsp3) is 0.333. The lowest BCUT2D eigenvalue weighted by Gasteiger charge is -2.36. The minimum atomic E-state index is -3.66. The molecule has 0 saturated carbocycles. The maximum Gasteiger partial charge on any atom is 0.244 e. The van der Waals surface area contributed by atoms with Gasteiger partial charge in [0.15, 0.2) is 0 Å². The first-order chi connectivity index (χ1) is 13.9. The average Bonchev–Trinajstić information content (AvgIpc) is 2.73. The predicted molar refractivity (Wildman–Crippen MR) is 110 cm³/mol. The van der Waals surface area contributed by atoms with Gasteiger partial charge in [-0.25, -0.2) is 8.42 Å². The van der Waals surface area contributed by atoms with E-state index in [0.29, 0.717) is 30.8 Å². The molecule has 2 aromatic carbocycles. The molecule has 2 aliphatic heterocycles. The standard InChI is InChI=1S/C21H23N3O4S/c1-15-8-10-17(11-9-15)29(27,28)23-12-4-5-16(13-23)21(26)24-14-20(25)22-18-6-2-3-7-19(18)24/h2-3,6-11,16H,4-5,12-14H2,1H3,(H,22,25)/t16-/m1/s1. The van der Waals surface area contributed by atoms with Crippen LogP contribution in [0.25, 0.3) is 0 Å². The zero-order chi connectivity index (χ0) is 20.6. The Kier molecular flexibility index (Phi) is 5.14. The van der Waals surface area contributed by atoms with Crippen LogP contribution in [0.3, 0.4) is 0 Å². The van der Waals surface area contributed by atoms with Gasteiger partial charge in [0, 0.05) is 13.1 Å². The monoisotopic (exact) mass is 413 g/mol. The second-order valence-electron chi connectivity index (χ2n) is 7.50. The van der Waals surface area contributed by atoms with Crippen LogP contribution in [0.1, 0.15) is 18.4 Å². The Morgan fingerprint density at radius 2 is 1.83 bits per heavy atom. The molecule has 152 valence electrons. The van der Waals surface area contributed by atoms with Gasteiger partial charge in [0.2, 0.25) is 21.8 Å². The molecule has 0 aliphatic carbocycles. The maximum absolute atomic E-state index is 13.2. The lowest BCUT2D eigenvalue weighted by molar-refractivity contribution is -0.125. The first-order valence-electron chi connectivity index (χ1n) is 9.63. The maximum atomic E-state index is 13.2. The molecule has 0 spiro atoms. The molecule has 0 bridgehead atoms. The van der Waals surface area contributed by atoms with Crippen LogP contribution >= 0.6 is 0 Å². The van der Waals surface area contributed by atoms with Crippen molar-refractivity contribution in [2.75, 3.05) is 29.9 Å². The van der Waals surface area contributed by atoms with Gasteiger partial charge in [-0.2, -0.15) is 4.31 Å². The number of rotatable bonds is 3. The third-order valence-electron chi connectivity index (χ3n) is 5.43. The number of fused-ring (bicyclic) bond motifs is 1. The number of aryl methyl sites for hydroxylation is 1. The van der Waals surface area contributed by atoms with Crippen molar-refractivity contribution >= 4 is 33.2 Å². The Hall–Kier alpha value is -2.71. The normalized spacial score (nSPS) is 20.1. The van der Waals surface area contributed by atoms with Crippen LogP contribution in [0.5, 0.6) is 0 Å². The van der Waals surface area contributed by atoms with Gasteiger partial charge in [0.05, 0.1) is 22.2 Å². The van der Waals surface area contributed by atoms with E-state index in [1.165, 1.54) is 9.21 Å². The van der Waals surface area contributed by atoms with Gasteiger partial charge in [-0.1, -0.05) is 29.8 Å². The van der Waals surface area contributed by atoms with Crippen molar-refractivity contribution in [1.82, 2.24) is 4.31 Å². The van der Waals surface area contributed by atoms with Crippen LogP contribution in [-0.2, 0) is 19.6 Å². The Morgan fingerprint density at radius 1 is 1.10 bits per heavy atom. The predicted octanol–water partition coefficient (Wildman–Crippen LogP) is 2.38. The number of hydrogen-bond donors (Lipinski definition) is 1. The Morgan fingerprint density at radius 3 is 2.59 bits per heavy atom. The van der Waals surface area contributed by atoms with E-state index in [1.807, 2.05) is 13.0 Å². The molecule has 29 heavy (non-hydrogen) atoms. The lowest BCUT2D eigenvalue weighted by atomic mass is 9.97. The zero-order valence-electron chi connectivity index (χ0n) is 16.2. The molecule has 4 rings (SSSR count). The fourth-order valence-electron chi connectivity index (χ4n) is 3.87. The Labute approximate surface area is 170 Å². The van der Waals surface area contributed by atoms with Gasteiger partial charge in [-0.05, 0) is 44.0 Å². The highest BCUT2D eigenvalue weighted by atomic mass is 32.2. The minimum Gasteiger partial charge on any atom is -0.323 e. The SMILES string of the molecule is Cc1ccc(S(=O)(=O)N2CCC[C@@H](C(=O)N3CC(=O)Nc4ccccc43)C2)cc1. The lowest BCUT2D eigenvalue weighted by Crippen LogP contribution is -2.50. The third-order valence-corrected chi connectivity index (χ3v) is 7.31. The fourth-order valence-corrected chi connectivity index (χ4v) is 5.40. The number of amides is 2. The number of carbonyl (C=O) groups excluding carboxylic acids is 2. The summed E-state index contributed by atoms with van der Waals surface area (Å²) in [6, 6.07) is 13.9. The Bertz CT molecular complexity index is 1050. The van der Waals surface area contributed by atoms with Crippen molar-refractivity contribution in [3.63, 3.8) is 0 Å². The van der Waals surface area contributed by atoms with Gasteiger partial charge in [-0.3, -0.25) is 9.59 Å². The van der Waals surface area contributed by atoms with Gasteiger partial charge in [0.25, 0.3) is 0 Å². The summed E-state index contributed by atoms with van der Waals surface area (Å²) in [5, 5.41) is 2.77. The van der Waals surface area contributed by atoms with Crippen LogP contribution in [0.2, 0.25) is 0 Å². The van der Waals surface area contributed by atoms with E-state index in [0.717, 1.165) is 5.56 Å². The largest absolute Gasteiger partial charge is 0.323 e. The molecule has 1 atom stereocenters. The van der Waals surface area contributed by atoms with Crippen LogP contribution < -0.4 is 10.2 Å². The molecule has 0 radical (unpaired) electrons. The van der Waals surface area contributed by atoms with Crippen LogP contribution in [0.15, 0.2) is 53.4 Å². The summed E-state index contributed by atoms with van der Waals surface area (Å²) in [5.41, 5.74) is 2.23. The summed E-state index contributed by atoms with van der Waals surface area (Å²) in [6.07, 6.45) is 1.20. The van der Waals surface area contributed by atoms with Crippen LogP contribution in [0.4, 0.5) is 11.4 Å². The van der Waals surface area contributed by atoms with E-state index >= 15 is 0 Å². The van der Waals surface area contributed by atoms with Crippen molar-refractivity contribution in [2.24, 2.45) is 5.92 Å². The number of anilines is 2. The van der Waals surface area contributed by atoms with Gasteiger partial charge < -0.3 is 10.2 Å². The molecule has 1 N–H and O–H groups in total. The average molecular weight is 413 g/mol. The minimum absolute atomic E-state index is 0.0585. The highest BCUT2D eigenvalue weighted by molar-refractivity contribution is 7.89. The quantitative estimate of drug-likeness (QED) is 0.837. The van der Waals surface area contributed by atoms with Gasteiger partial charge >= 0.3 is 0 Å². The van der Waals surface area contributed by atoms with Crippen molar-refractivity contribution < 1.29 is 18.0 Å². The summed E-state index contributed by atoms with van der Waals surface area (Å²) >= 11 is 0. The first kappa shape index (κ1) is 19.6. The van der Waals surface area contributed by atoms with Gasteiger partial charge in [0.1, 0.15) is 6.54 Å². The van der Waals surface area contributed by atoms with Crippen molar-refractivity contribution in [3.8, 4) is 0 Å². The van der Waals surface area contributed by atoms with E-state index < -0.39 is 15.9 Å². The number of benzene rings is 2. The molecule has 0 unspecified atom stereocenters. The van der Waals surface area contributed by atoms with Crippen LogP contribution in [-0.4, -0.2) is 44.2 Å². The topological polar surface area (TPSA) is 86.8 Å². The van der Waals surface area contributed by atoms with Crippen molar-refractivity contribution in [2.45, 2.75) is 24.7 Å². The van der Waals surface area contributed by atoms with Gasteiger partial charge in [-0.15, -0.1) is 0 Å². The van der Waals surface area contributed by atoms with E-state index in [1.54, 1.807) is 42.5 Å². The number of hydrogen-bond acceptors (Lipinski definition) is 4. The van der Waals surface area contributed by atoms with Crippen molar-refractivity contribution in [3.05, 3.63) is 54.1 Å². The molecule has 2 aromatic rings. The highest BCUT2D eigenvalue weighted by Crippen LogP contribution is 2.32. The number of piperidine rings is 1. The summed E-state index contributed by atoms with van der Waals surface area (Å²) in [6.45, 7) is 2.35. The molecule has 7 nitrogen and oxygen atoms in total. The molecule has 1 fully saturated rings. The number of carbonyl (C=O) groups is 2. The molecular formula is C21H23N3O4S. The summed E-state index contributed by atoms with van der Waals surface area (Å²) in [5.74, 6) is -0.948. The van der Waals surface area contributed by atoms with E-state index in [4.69, 9.17) is 0 Å². The number of sulfonamides is 1. The first-order valence-corrected chi connectivity index (χ1v) is 11.1.